The van der Waals surface area contributed by atoms with Gasteiger partial charge in [-0.3, -0.25) is 9.78 Å². The third-order valence-corrected chi connectivity index (χ3v) is 4.79. The van der Waals surface area contributed by atoms with Crippen molar-refractivity contribution in [2.24, 2.45) is 0 Å². The molecule has 1 heterocycles. The number of nitrogens with one attached hydrogen (secondary N) is 1. The van der Waals surface area contributed by atoms with E-state index in [0.29, 0.717) is 17.6 Å². The van der Waals surface area contributed by atoms with Crippen LogP contribution in [-0.4, -0.2) is 29.5 Å². The summed E-state index contributed by atoms with van der Waals surface area (Å²) < 4.78 is 5.39. The van der Waals surface area contributed by atoms with Gasteiger partial charge in [-0.1, -0.05) is 55.5 Å². The van der Waals surface area contributed by atoms with Crippen LogP contribution in [0.3, 0.4) is 0 Å². The molecule has 3 aromatic rings. The second-order valence-electron chi connectivity index (χ2n) is 6.69. The standard InChI is InChI=1S/C23H24N2O3/c1-3-17(18-9-5-4-6-10-18)15-25-22(26)16(2)28-23(27)20-13-7-11-19-12-8-14-24-21(19)20/h4-14,16-17H,3,15H2,1-2H3,(H,25,26)/t16-,17+/m1/s1. The van der Waals surface area contributed by atoms with Gasteiger partial charge in [0.15, 0.2) is 6.10 Å². The fourth-order valence-corrected chi connectivity index (χ4v) is 3.14. The largest absolute Gasteiger partial charge is 0.449 e. The van der Waals surface area contributed by atoms with Crippen LogP contribution in [0.1, 0.15) is 42.1 Å². The third-order valence-electron chi connectivity index (χ3n) is 4.79. The first-order chi connectivity index (χ1) is 13.6. The summed E-state index contributed by atoms with van der Waals surface area (Å²) in [5.41, 5.74) is 2.10. The zero-order valence-corrected chi connectivity index (χ0v) is 16.1. The van der Waals surface area contributed by atoms with Gasteiger partial charge in [0.05, 0.1) is 11.1 Å². The lowest BCUT2D eigenvalue weighted by Gasteiger charge is -2.18. The van der Waals surface area contributed by atoms with Gasteiger partial charge >= 0.3 is 5.97 Å². The molecule has 0 unspecified atom stereocenters. The number of carbonyl (C=O) groups excluding carboxylic acids is 2. The number of aromatic nitrogens is 1. The van der Waals surface area contributed by atoms with Gasteiger partial charge in [0.2, 0.25) is 0 Å². The minimum Gasteiger partial charge on any atom is -0.449 e. The van der Waals surface area contributed by atoms with Crippen LogP contribution in [0.25, 0.3) is 10.9 Å². The average Bonchev–Trinajstić information content (AvgIpc) is 2.74. The van der Waals surface area contributed by atoms with Gasteiger partial charge in [0.25, 0.3) is 5.91 Å². The number of carbonyl (C=O) groups is 2. The maximum absolute atomic E-state index is 12.5. The Hall–Kier alpha value is -3.21. The lowest BCUT2D eigenvalue weighted by atomic mass is 9.96. The van der Waals surface area contributed by atoms with Crippen molar-refractivity contribution in [3.05, 3.63) is 78.0 Å². The monoisotopic (exact) mass is 376 g/mol. The number of esters is 1. The highest BCUT2D eigenvalue weighted by Crippen LogP contribution is 2.19. The van der Waals surface area contributed by atoms with Crippen LogP contribution in [-0.2, 0) is 9.53 Å². The summed E-state index contributed by atoms with van der Waals surface area (Å²) in [5.74, 6) is -0.645. The zero-order chi connectivity index (χ0) is 19.9. The highest BCUT2D eigenvalue weighted by atomic mass is 16.5. The van der Waals surface area contributed by atoms with Gasteiger partial charge in [-0.2, -0.15) is 0 Å². The van der Waals surface area contributed by atoms with Crippen molar-refractivity contribution < 1.29 is 14.3 Å². The molecule has 0 aliphatic heterocycles. The third kappa shape index (κ3) is 4.55. The number of para-hydroxylation sites is 1. The first-order valence-electron chi connectivity index (χ1n) is 9.47. The van der Waals surface area contributed by atoms with Crippen LogP contribution in [0.15, 0.2) is 66.9 Å². The average molecular weight is 376 g/mol. The topological polar surface area (TPSA) is 68.3 Å². The Bertz CT molecular complexity index is 951. The smallest absolute Gasteiger partial charge is 0.341 e. The van der Waals surface area contributed by atoms with Crippen molar-refractivity contribution >= 4 is 22.8 Å². The van der Waals surface area contributed by atoms with Crippen molar-refractivity contribution in [3.63, 3.8) is 0 Å². The SMILES string of the molecule is CC[C@@H](CNC(=O)[C@@H](C)OC(=O)c1cccc2cccnc12)c1ccccc1. The van der Waals surface area contributed by atoms with E-state index in [1.54, 1.807) is 25.3 Å². The molecular formula is C23H24N2O3. The highest BCUT2D eigenvalue weighted by Gasteiger charge is 2.21. The molecule has 0 aliphatic carbocycles. The molecule has 0 bridgehead atoms. The first kappa shape index (κ1) is 19.5. The number of hydrogen-bond acceptors (Lipinski definition) is 4. The van der Waals surface area contributed by atoms with E-state index in [-0.39, 0.29) is 11.8 Å². The molecule has 1 amide bonds. The Balaban J connectivity index is 1.61. The molecule has 1 aromatic heterocycles. The number of hydrogen-bond donors (Lipinski definition) is 1. The number of rotatable bonds is 7. The molecule has 1 N–H and O–H groups in total. The van der Waals surface area contributed by atoms with E-state index < -0.39 is 12.1 Å². The highest BCUT2D eigenvalue weighted by molar-refractivity contribution is 6.03. The summed E-state index contributed by atoms with van der Waals surface area (Å²) in [7, 11) is 0. The Kier molecular flexibility index (Phi) is 6.37. The predicted octanol–water partition coefficient (Wildman–Crippen LogP) is 4.09. The number of benzene rings is 2. The van der Waals surface area contributed by atoms with E-state index >= 15 is 0 Å². The molecule has 0 fully saturated rings. The molecule has 5 heteroatoms. The quantitative estimate of drug-likeness (QED) is 0.631. The number of fused-ring (bicyclic) bond motifs is 1. The van der Waals surface area contributed by atoms with Crippen LogP contribution >= 0.6 is 0 Å². The van der Waals surface area contributed by atoms with Crippen molar-refractivity contribution in [2.75, 3.05) is 6.54 Å². The number of pyridine rings is 1. The molecular weight excluding hydrogens is 352 g/mol. The Morgan fingerprint density at radius 3 is 2.54 bits per heavy atom. The molecule has 3 rings (SSSR count). The van der Waals surface area contributed by atoms with E-state index in [2.05, 4.69) is 29.4 Å². The molecule has 0 radical (unpaired) electrons. The van der Waals surface area contributed by atoms with Gasteiger partial charge in [0, 0.05) is 24.0 Å². The second-order valence-corrected chi connectivity index (χ2v) is 6.69. The van der Waals surface area contributed by atoms with E-state index in [1.807, 2.05) is 36.4 Å². The molecule has 0 aliphatic rings. The van der Waals surface area contributed by atoms with Crippen molar-refractivity contribution in [2.45, 2.75) is 32.3 Å². The Morgan fingerprint density at radius 2 is 1.79 bits per heavy atom. The molecule has 2 atom stereocenters. The number of ether oxygens (including phenoxy) is 1. The maximum Gasteiger partial charge on any atom is 0.341 e. The summed E-state index contributed by atoms with van der Waals surface area (Å²) in [5, 5.41) is 3.74. The summed E-state index contributed by atoms with van der Waals surface area (Å²) in [6.07, 6.45) is 1.64. The molecule has 144 valence electrons. The van der Waals surface area contributed by atoms with Crippen LogP contribution in [0, 0.1) is 0 Å². The molecule has 0 saturated carbocycles. The molecule has 0 saturated heterocycles. The molecule has 2 aromatic carbocycles. The van der Waals surface area contributed by atoms with Gasteiger partial charge in [0.1, 0.15) is 0 Å². The molecule has 0 spiro atoms. The first-order valence-corrected chi connectivity index (χ1v) is 9.47. The van der Waals surface area contributed by atoms with Crippen LogP contribution in [0.5, 0.6) is 0 Å². The van der Waals surface area contributed by atoms with E-state index in [1.165, 1.54) is 5.56 Å². The van der Waals surface area contributed by atoms with Crippen LogP contribution in [0.2, 0.25) is 0 Å². The maximum atomic E-state index is 12.5. The predicted molar refractivity (Wildman–Crippen MR) is 109 cm³/mol. The second kappa shape index (κ2) is 9.13. The number of nitrogens with zero attached hydrogens (tertiary/aromatic N) is 1. The van der Waals surface area contributed by atoms with E-state index in [4.69, 9.17) is 4.74 Å². The normalized spacial score (nSPS) is 12.9. The summed E-state index contributed by atoms with van der Waals surface area (Å²) in [6.45, 7) is 4.16. The minimum absolute atomic E-state index is 0.218. The van der Waals surface area contributed by atoms with Crippen LogP contribution in [0.4, 0.5) is 0 Å². The minimum atomic E-state index is -0.889. The lowest BCUT2D eigenvalue weighted by Crippen LogP contribution is -2.38. The molecule has 5 nitrogen and oxygen atoms in total. The summed E-state index contributed by atoms with van der Waals surface area (Å²) in [4.78, 5) is 29.2. The van der Waals surface area contributed by atoms with Crippen molar-refractivity contribution in [1.82, 2.24) is 10.3 Å². The van der Waals surface area contributed by atoms with Crippen molar-refractivity contribution in [3.8, 4) is 0 Å². The Morgan fingerprint density at radius 1 is 1.04 bits per heavy atom. The van der Waals surface area contributed by atoms with Gasteiger partial charge in [-0.05, 0) is 31.0 Å². The van der Waals surface area contributed by atoms with Crippen molar-refractivity contribution in [1.29, 1.82) is 0 Å². The fraction of sp³-hybridized carbons (Fsp3) is 0.261. The van der Waals surface area contributed by atoms with Gasteiger partial charge < -0.3 is 10.1 Å². The van der Waals surface area contributed by atoms with Gasteiger partial charge in [-0.15, -0.1) is 0 Å². The summed E-state index contributed by atoms with van der Waals surface area (Å²) >= 11 is 0. The van der Waals surface area contributed by atoms with Gasteiger partial charge in [-0.25, -0.2) is 4.79 Å². The Labute approximate surface area is 164 Å². The van der Waals surface area contributed by atoms with E-state index in [9.17, 15) is 9.59 Å². The van der Waals surface area contributed by atoms with Crippen LogP contribution < -0.4 is 5.32 Å². The lowest BCUT2D eigenvalue weighted by molar-refractivity contribution is -0.129. The molecule has 28 heavy (non-hydrogen) atoms. The van der Waals surface area contributed by atoms with E-state index in [0.717, 1.165) is 11.8 Å². The summed E-state index contributed by atoms with van der Waals surface area (Å²) in [6, 6.07) is 19.1. The number of amides is 1. The zero-order valence-electron chi connectivity index (χ0n) is 16.1. The fourth-order valence-electron chi connectivity index (χ4n) is 3.14.